The van der Waals surface area contributed by atoms with E-state index >= 15 is 0 Å². The fourth-order valence-corrected chi connectivity index (χ4v) is 2.37. The Kier molecular flexibility index (Phi) is 5.31. The highest BCUT2D eigenvalue weighted by Gasteiger charge is 2.49. The first kappa shape index (κ1) is 15.9. The molecule has 1 fully saturated rings. The van der Waals surface area contributed by atoms with Crippen molar-refractivity contribution in [2.24, 2.45) is 5.41 Å². The molecular formula is C13H25N3O3. The second-order valence-corrected chi connectivity index (χ2v) is 5.57. The van der Waals surface area contributed by atoms with Gasteiger partial charge in [-0.2, -0.15) is 0 Å². The summed E-state index contributed by atoms with van der Waals surface area (Å²) in [7, 11) is 1.70. The molecule has 110 valence electrons. The summed E-state index contributed by atoms with van der Waals surface area (Å²) in [6.07, 6.45) is 1.09. The largest absolute Gasteiger partial charge is 0.381 e. The van der Waals surface area contributed by atoms with E-state index in [2.05, 4.69) is 29.8 Å². The van der Waals surface area contributed by atoms with Crippen molar-refractivity contribution in [3.05, 3.63) is 0 Å². The fourth-order valence-electron chi connectivity index (χ4n) is 2.37. The lowest BCUT2D eigenvalue weighted by atomic mass is 9.64. The molecule has 0 heterocycles. The molecule has 19 heavy (non-hydrogen) atoms. The summed E-state index contributed by atoms with van der Waals surface area (Å²) < 4.78 is 5.37. The minimum absolute atomic E-state index is 0.00499. The van der Waals surface area contributed by atoms with Gasteiger partial charge in [0.15, 0.2) is 0 Å². The van der Waals surface area contributed by atoms with Gasteiger partial charge in [-0.15, -0.1) is 0 Å². The first-order valence-electron chi connectivity index (χ1n) is 6.70. The summed E-state index contributed by atoms with van der Waals surface area (Å²) in [6.45, 7) is 8.26. The van der Waals surface area contributed by atoms with Crippen LogP contribution in [-0.4, -0.2) is 43.8 Å². The molecule has 1 rings (SSSR count). The van der Waals surface area contributed by atoms with Gasteiger partial charge in [0.05, 0.1) is 12.1 Å². The average molecular weight is 271 g/mol. The molecule has 0 aliphatic heterocycles. The summed E-state index contributed by atoms with van der Waals surface area (Å²) >= 11 is 0. The fraction of sp³-hybridized carbons (Fsp3) is 0.846. The van der Waals surface area contributed by atoms with Crippen LogP contribution in [0.5, 0.6) is 0 Å². The molecule has 0 bridgehead atoms. The van der Waals surface area contributed by atoms with Crippen LogP contribution >= 0.6 is 0 Å². The molecular weight excluding hydrogens is 246 g/mol. The second kappa shape index (κ2) is 6.34. The van der Waals surface area contributed by atoms with Gasteiger partial charge in [0.2, 0.25) is 5.91 Å². The van der Waals surface area contributed by atoms with Crippen molar-refractivity contribution in [2.75, 3.05) is 13.7 Å². The molecule has 0 aromatic carbocycles. The van der Waals surface area contributed by atoms with E-state index in [1.165, 1.54) is 0 Å². The molecule has 0 spiro atoms. The molecule has 0 aromatic heterocycles. The van der Waals surface area contributed by atoms with Gasteiger partial charge in [0.25, 0.3) is 0 Å². The van der Waals surface area contributed by atoms with Gasteiger partial charge >= 0.3 is 6.03 Å². The Bertz CT molecular complexity index is 344. The average Bonchev–Trinajstić information content (AvgIpc) is 2.33. The molecule has 3 atom stereocenters. The third kappa shape index (κ3) is 3.67. The first-order chi connectivity index (χ1) is 8.82. The van der Waals surface area contributed by atoms with Crippen molar-refractivity contribution in [2.45, 2.75) is 52.3 Å². The van der Waals surface area contributed by atoms with Crippen molar-refractivity contribution in [3.8, 4) is 0 Å². The predicted molar refractivity (Wildman–Crippen MR) is 72.8 cm³/mol. The Labute approximate surface area is 114 Å². The molecule has 3 N–H and O–H groups in total. The summed E-state index contributed by atoms with van der Waals surface area (Å²) in [5.41, 5.74) is -0.00499. The van der Waals surface area contributed by atoms with Crippen LogP contribution < -0.4 is 16.0 Å². The normalized spacial score (nSPS) is 26.2. The van der Waals surface area contributed by atoms with Crippen LogP contribution in [0.2, 0.25) is 0 Å². The van der Waals surface area contributed by atoms with Crippen molar-refractivity contribution >= 4 is 11.9 Å². The van der Waals surface area contributed by atoms with Crippen molar-refractivity contribution in [1.29, 1.82) is 0 Å². The van der Waals surface area contributed by atoms with E-state index < -0.39 is 12.1 Å². The van der Waals surface area contributed by atoms with E-state index in [9.17, 15) is 9.59 Å². The summed E-state index contributed by atoms with van der Waals surface area (Å²) in [5.74, 6) is -0.317. The second-order valence-electron chi connectivity index (χ2n) is 5.57. The van der Waals surface area contributed by atoms with Crippen LogP contribution in [0.1, 0.15) is 34.1 Å². The lowest BCUT2D eigenvalue weighted by Crippen LogP contribution is -2.64. The van der Waals surface area contributed by atoms with Gasteiger partial charge in [-0.3, -0.25) is 10.1 Å². The number of nitrogens with one attached hydrogen (secondary N) is 3. The number of urea groups is 1. The Morgan fingerprint density at radius 3 is 2.53 bits per heavy atom. The lowest BCUT2D eigenvalue weighted by Gasteiger charge is -2.52. The number of hydrogen-bond donors (Lipinski definition) is 3. The van der Waals surface area contributed by atoms with Crippen molar-refractivity contribution < 1.29 is 14.3 Å². The smallest absolute Gasteiger partial charge is 0.321 e. The number of amides is 3. The third-order valence-electron chi connectivity index (χ3n) is 3.88. The molecule has 6 heteroatoms. The maximum absolute atomic E-state index is 11.8. The zero-order valence-electron chi connectivity index (χ0n) is 12.4. The van der Waals surface area contributed by atoms with Gasteiger partial charge in [0, 0.05) is 25.1 Å². The number of carbonyl (C=O) groups is 2. The summed E-state index contributed by atoms with van der Waals surface area (Å²) in [6, 6.07) is -0.652. The number of ether oxygens (including phenoxy) is 1. The number of hydrogen-bond acceptors (Lipinski definition) is 4. The SMILES string of the molecule is CCNC(=O)NC(=O)C(C)NC1CC(OC)C1(C)C. The summed E-state index contributed by atoms with van der Waals surface area (Å²) in [4.78, 5) is 23.1. The maximum Gasteiger partial charge on any atom is 0.321 e. The Hall–Kier alpha value is -1.14. The number of carbonyl (C=O) groups excluding carboxylic acids is 2. The molecule has 1 aliphatic carbocycles. The van der Waals surface area contributed by atoms with Crippen LogP contribution in [0, 0.1) is 5.41 Å². The highest BCUT2D eigenvalue weighted by atomic mass is 16.5. The Balaban J connectivity index is 2.41. The van der Waals surface area contributed by atoms with E-state index in [1.54, 1.807) is 21.0 Å². The maximum atomic E-state index is 11.8. The Morgan fingerprint density at radius 2 is 2.05 bits per heavy atom. The van der Waals surface area contributed by atoms with Gasteiger partial charge < -0.3 is 15.4 Å². The van der Waals surface area contributed by atoms with E-state index in [0.717, 1.165) is 6.42 Å². The minimum Gasteiger partial charge on any atom is -0.381 e. The molecule has 0 aromatic rings. The van der Waals surface area contributed by atoms with E-state index in [1.807, 2.05) is 0 Å². The summed E-state index contributed by atoms with van der Waals surface area (Å²) in [5, 5.41) is 8.08. The molecule has 3 unspecified atom stereocenters. The topological polar surface area (TPSA) is 79.5 Å². The molecule has 1 saturated carbocycles. The first-order valence-corrected chi connectivity index (χ1v) is 6.70. The lowest BCUT2D eigenvalue weighted by molar-refractivity contribution is -0.126. The standard InChI is InChI=1S/C13H25N3O3/c1-6-14-12(18)16-11(17)8(2)15-9-7-10(19-5)13(9,3)4/h8-10,15H,6-7H2,1-5H3,(H2,14,16,17,18). The highest BCUT2D eigenvalue weighted by molar-refractivity contribution is 5.96. The van der Waals surface area contributed by atoms with Crippen LogP contribution in [0.15, 0.2) is 0 Å². The van der Waals surface area contributed by atoms with Crippen LogP contribution in [-0.2, 0) is 9.53 Å². The predicted octanol–water partition coefficient (Wildman–Crippen LogP) is 0.624. The molecule has 3 amide bonds. The molecule has 0 saturated heterocycles. The zero-order chi connectivity index (χ0) is 14.6. The van der Waals surface area contributed by atoms with Crippen LogP contribution in [0.25, 0.3) is 0 Å². The molecule has 1 aliphatic rings. The van der Waals surface area contributed by atoms with Gasteiger partial charge in [-0.1, -0.05) is 13.8 Å². The minimum atomic E-state index is -0.455. The highest BCUT2D eigenvalue weighted by Crippen LogP contribution is 2.42. The van der Waals surface area contributed by atoms with E-state index in [-0.39, 0.29) is 23.5 Å². The monoisotopic (exact) mass is 271 g/mol. The van der Waals surface area contributed by atoms with Gasteiger partial charge in [-0.25, -0.2) is 4.79 Å². The number of methoxy groups -OCH3 is 1. The van der Waals surface area contributed by atoms with Crippen molar-refractivity contribution in [1.82, 2.24) is 16.0 Å². The van der Waals surface area contributed by atoms with E-state index in [4.69, 9.17) is 4.74 Å². The van der Waals surface area contributed by atoms with E-state index in [0.29, 0.717) is 6.54 Å². The van der Waals surface area contributed by atoms with Crippen LogP contribution in [0.3, 0.4) is 0 Å². The number of imide groups is 1. The quantitative estimate of drug-likeness (QED) is 0.685. The third-order valence-corrected chi connectivity index (χ3v) is 3.88. The van der Waals surface area contributed by atoms with Gasteiger partial charge in [-0.05, 0) is 20.3 Å². The molecule has 0 radical (unpaired) electrons. The van der Waals surface area contributed by atoms with Crippen molar-refractivity contribution in [3.63, 3.8) is 0 Å². The van der Waals surface area contributed by atoms with Gasteiger partial charge in [0.1, 0.15) is 0 Å². The van der Waals surface area contributed by atoms with Crippen LogP contribution in [0.4, 0.5) is 4.79 Å². The molecule has 6 nitrogen and oxygen atoms in total. The number of rotatable bonds is 5. The zero-order valence-corrected chi connectivity index (χ0v) is 12.4. The Morgan fingerprint density at radius 1 is 1.42 bits per heavy atom.